The Hall–Kier alpha value is -1.69. The third-order valence-electron chi connectivity index (χ3n) is 2.70. The maximum Gasteiger partial charge on any atom is 0.226 e. The number of piperazine rings is 1. The van der Waals surface area contributed by atoms with E-state index in [2.05, 4.69) is 26.8 Å². The molecule has 3 N–H and O–H groups in total. The zero-order valence-electron chi connectivity index (χ0n) is 9.35. The Kier molecular flexibility index (Phi) is 3.00. The number of rotatable bonds is 2. The Morgan fingerprint density at radius 3 is 2.69 bits per heavy atom. The van der Waals surface area contributed by atoms with Gasteiger partial charge in [-0.25, -0.2) is 9.97 Å². The lowest BCUT2D eigenvalue weighted by Gasteiger charge is -2.32. The van der Waals surface area contributed by atoms with Crippen molar-refractivity contribution in [3.05, 3.63) is 18.0 Å². The van der Waals surface area contributed by atoms with Gasteiger partial charge in [0.05, 0.1) is 0 Å². The van der Waals surface area contributed by atoms with E-state index in [1.165, 1.54) is 0 Å². The van der Waals surface area contributed by atoms with E-state index in [1.807, 2.05) is 0 Å². The van der Waals surface area contributed by atoms with Crippen LogP contribution < -0.4 is 10.6 Å². The topological polar surface area (TPSA) is 82.1 Å². The molecular formula is C10H16N6. The first-order chi connectivity index (χ1) is 7.66. The molecule has 0 spiro atoms. The normalized spacial score (nSPS) is 17.4. The molecule has 1 aliphatic heterocycles. The van der Waals surface area contributed by atoms with E-state index in [0.717, 1.165) is 26.2 Å². The summed E-state index contributed by atoms with van der Waals surface area (Å²) in [4.78, 5) is 12.9. The molecule has 6 nitrogen and oxygen atoms in total. The van der Waals surface area contributed by atoms with E-state index in [0.29, 0.717) is 11.6 Å². The molecular weight excluding hydrogens is 204 g/mol. The molecule has 0 aliphatic carbocycles. The minimum atomic E-state index is -0.0159. The number of likely N-dealkylation sites (N-methyl/N-ethyl adjacent to an activating group) is 1. The number of nitrogens with one attached hydrogen (secondary N) is 1. The van der Waals surface area contributed by atoms with Gasteiger partial charge in [0.15, 0.2) is 0 Å². The molecule has 86 valence electrons. The van der Waals surface area contributed by atoms with Crippen molar-refractivity contribution >= 4 is 11.8 Å². The van der Waals surface area contributed by atoms with E-state index >= 15 is 0 Å². The van der Waals surface area contributed by atoms with Crippen LogP contribution in [0.5, 0.6) is 0 Å². The standard InChI is InChI=1S/C10H16N6/c1-15-4-6-16(7-5-15)10-13-3-2-8(14-10)9(11)12/h2-3H,4-7H2,1H3,(H3,11,12). The summed E-state index contributed by atoms with van der Waals surface area (Å²) in [5, 5.41) is 7.34. The zero-order chi connectivity index (χ0) is 11.5. The Bertz CT molecular complexity index is 383. The fourth-order valence-corrected chi connectivity index (χ4v) is 1.66. The molecule has 1 aliphatic rings. The molecule has 1 fully saturated rings. The quantitative estimate of drug-likeness (QED) is 0.519. The number of hydrogen-bond acceptors (Lipinski definition) is 5. The van der Waals surface area contributed by atoms with Crippen molar-refractivity contribution in [1.29, 1.82) is 5.41 Å². The lowest BCUT2D eigenvalue weighted by molar-refractivity contribution is 0.311. The van der Waals surface area contributed by atoms with Crippen LogP contribution in [0.3, 0.4) is 0 Å². The van der Waals surface area contributed by atoms with Crippen molar-refractivity contribution in [3.8, 4) is 0 Å². The largest absolute Gasteiger partial charge is 0.382 e. The van der Waals surface area contributed by atoms with Crippen molar-refractivity contribution in [2.75, 3.05) is 38.1 Å². The second kappa shape index (κ2) is 4.44. The van der Waals surface area contributed by atoms with Gasteiger partial charge >= 0.3 is 0 Å². The lowest BCUT2D eigenvalue weighted by Crippen LogP contribution is -2.45. The summed E-state index contributed by atoms with van der Waals surface area (Å²) < 4.78 is 0. The molecule has 1 saturated heterocycles. The van der Waals surface area contributed by atoms with Crippen LogP contribution in [0.15, 0.2) is 12.3 Å². The number of hydrogen-bond donors (Lipinski definition) is 2. The molecule has 0 radical (unpaired) electrons. The molecule has 16 heavy (non-hydrogen) atoms. The third-order valence-corrected chi connectivity index (χ3v) is 2.70. The number of anilines is 1. The molecule has 2 heterocycles. The number of nitrogen functional groups attached to an aromatic ring is 1. The van der Waals surface area contributed by atoms with Gasteiger partial charge in [0.25, 0.3) is 0 Å². The Balaban J connectivity index is 2.14. The Morgan fingerprint density at radius 2 is 2.06 bits per heavy atom. The van der Waals surface area contributed by atoms with Gasteiger partial charge in [-0.2, -0.15) is 0 Å². The zero-order valence-corrected chi connectivity index (χ0v) is 9.35. The predicted molar refractivity (Wildman–Crippen MR) is 62.8 cm³/mol. The molecule has 0 saturated carbocycles. The van der Waals surface area contributed by atoms with Crippen LogP contribution in [-0.4, -0.2) is 53.9 Å². The molecule has 1 aromatic rings. The number of aromatic nitrogens is 2. The molecule has 0 aromatic carbocycles. The molecule has 6 heteroatoms. The van der Waals surface area contributed by atoms with Gasteiger partial charge in [0, 0.05) is 32.4 Å². The second-order valence-corrected chi connectivity index (χ2v) is 3.95. The lowest BCUT2D eigenvalue weighted by atomic mass is 10.3. The van der Waals surface area contributed by atoms with Crippen LogP contribution in [0.4, 0.5) is 5.95 Å². The van der Waals surface area contributed by atoms with Crippen molar-refractivity contribution in [2.24, 2.45) is 5.73 Å². The van der Waals surface area contributed by atoms with Gasteiger partial charge in [0.2, 0.25) is 5.95 Å². The SMILES string of the molecule is CN1CCN(c2nccc(C(=N)N)n2)CC1. The molecule has 0 amide bonds. The van der Waals surface area contributed by atoms with Crippen molar-refractivity contribution in [3.63, 3.8) is 0 Å². The third kappa shape index (κ3) is 2.27. The number of nitrogens with zero attached hydrogens (tertiary/aromatic N) is 4. The molecule has 0 bridgehead atoms. The van der Waals surface area contributed by atoms with Gasteiger partial charge in [-0.05, 0) is 13.1 Å². The molecule has 0 atom stereocenters. The first-order valence-corrected chi connectivity index (χ1v) is 5.28. The summed E-state index contributed by atoms with van der Waals surface area (Å²) in [7, 11) is 2.10. The Labute approximate surface area is 94.6 Å². The van der Waals surface area contributed by atoms with Crippen molar-refractivity contribution in [1.82, 2.24) is 14.9 Å². The summed E-state index contributed by atoms with van der Waals surface area (Å²) in [5.74, 6) is 0.651. The summed E-state index contributed by atoms with van der Waals surface area (Å²) in [6, 6.07) is 1.65. The highest BCUT2D eigenvalue weighted by molar-refractivity contribution is 5.93. The summed E-state index contributed by atoms with van der Waals surface area (Å²) >= 11 is 0. The van der Waals surface area contributed by atoms with Crippen LogP contribution in [0.1, 0.15) is 5.69 Å². The number of amidine groups is 1. The number of nitrogens with two attached hydrogens (primary N) is 1. The monoisotopic (exact) mass is 220 g/mol. The van der Waals surface area contributed by atoms with Crippen LogP contribution in [0.2, 0.25) is 0 Å². The molecule has 1 aromatic heterocycles. The highest BCUT2D eigenvalue weighted by atomic mass is 15.3. The molecule has 2 rings (SSSR count). The Morgan fingerprint density at radius 1 is 1.38 bits per heavy atom. The van der Waals surface area contributed by atoms with Gasteiger partial charge in [-0.15, -0.1) is 0 Å². The fraction of sp³-hybridized carbons (Fsp3) is 0.500. The maximum absolute atomic E-state index is 7.34. The van der Waals surface area contributed by atoms with Crippen molar-refractivity contribution in [2.45, 2.75) is 0 Å². The maximum atomic E-state index is 7.34. The minimum absolute atomic E-state index is 0.0159. The van der Waals surface area contributed by atoms with Crippen LogP contribution in [0, 0.1) is 5.41 Å². The van der Waals surface area contributed by atoms with E-state index in [9.17, 15) is 0 Å². The molecule has 0 unspecified atom stereocenters. The van der Waals surface area contributed by atoms with Crippen LogP contribution in [0.25, 0.3) is 0 Å². The van der Waals surface area contributed by atoms with E-state index in [1.54, 1.807) is 12.3 Å². The average Bonchev–Trinajstić information content (AvgIpc) is 2.30. The second-order valence-electron chi connectivity index (χ2n) is 3.95. The average molecular weight is 220 g/mol. The highest BCUT2D eigenvalue weighted by Crippen LogP contribution is 2.10. The highest BCUT2D eigenvalue weighted by Gasteiger charge is 2.16. The fourth-order valence-electron chi connectivity index (χ4n) is 1.66. The van der Waals surface area contributed by atoms with Gasteiger partial charge < -0.3 is 15.5 Å². The summed E-state index contributed by atoms with van der Waals surface area (Å²) in [6.45, 7) is 3.84. The van der Waals surface area contributed by atoms with Crippen molar-refractivity contribution < 1.29 is 0 Å². The van der Waals surface area contributed by atoms with Crippen LogP contribution in [-0.2, 0) is 0 Å². The van der Waals surface area contributed by atoms with Gasteiger partial charge in [-0.3, -0.25) is 5.41 Å². The van der Waals surface area contributed by atoms with E-state index in [4.69, 9.17) is 11.1 Å². The predicted octanol–water partition coefficient (Wildman–Crippen LogP) is -0.488. The van der Waals surface area contributed by atoms with Gasteiger partial charge in [0.1, 0.15) is 11.5 Å². The van der Waals surface area contributed by atoms with Gasteiger partial charge in [-0.1, -0.05) is 0 Å². The smallest absolute Gasteiger partial charge is 0.226 e. The van der Waals surface area contributed by atoms with E-state index in [-0.39, 0.29) is 5.84 Å². The minimum Gasteiger partial charge on any atom is -0.382 e. The first kappa shape index (κ1) is 10.8. The van der Waals surface area contributed by atoms with Crippen LogP contribution >= 0.6 is 0 Å². The first-order valence-electron chi connectivity index (χ1n) is 5.28. The summed E-state index contributed by atoms with van der Waals surface area (Å²) in [5.41, 5.74) is 5.89. The summed E-state index contributed by atoms with van der Waals surface area (Å²) in [6.07, 6.45) is 1.65. The van der Waals surface area contributed by atoms with E-state index < -0.39 is 0 Å².